The van der Waals surface area contributed by atoms with Crippen LogP contribution in [-0.4, -0.2) is 82.6 Å². The number of likely N-dealkylation sites (tertiary alicyclic amines) is 1. The molecule has 9 nitrogen and oxygen atoms in total. The van der Waals surface area contributed by atoms with E-state index in [4.69, 9.17) is 4.74 Å². The molecule has 3 fully saturated rings. The number of hydrogen-bond acceptors (Lipinski definition) is 6. The summed E-state index contributed by atoms with van der Waals surface area (Å²) in [5.41, 5.74) is 0.537. The summed E-state index contributed by atoms with van der Waals surface area (Å²) in [5, 5.41) is 16.1. The van der Waals surface area contributed by atoms with Gasteiger partial charge < -0.3 is 30.3 Å². The van der Waals surface area contributed by atoms with Gasteiger partial charge in [0.1, 0.15) is 11.6 Å². The summed E-state index contributed by atoms with van der Waals surface area (Å²) >= 11 is 3.67. The van der Waals surface area contributed by atoms with Gasteiger partial charge in [-0.05, 0) is 57.4 Å². The molecule has 1 aromatic rings. The number of ether oxygens (including phenoxy) is 1. The molecule has 3 saturated heterocycles. The summed E-state index contributed by atoms with van der Waals surface area (Å²) in [6, 6.07) is 6.12. The van der Waals surface area contributed by atoms with Crippen LogP contribution in [0.15, 0.2) is 24.3 Å². The number of rotatable bonds is 11. The summed E-state index contributed by atoms with van der Waals surface area (Å²) < 4.78 is 6.48. The standard InChI is InChI=1S/C27H39BrN4O5/c1-5-13-29-24(34)20-21-26(36)32(17(6-2)15-33)23(27(21)14-19(28)22(20)37-27)25(35)30-16-9-11-18(12-10-16)31(7-3)8-4/h9-12,17,19-23,33H,5-8,13-15H2,1-4H3,(H,29,34)(H,30,35)/t17-,19?,20+,21-,22+,23?,27?/m0/s1. The maximum Gasteiger partial charge on any atom is 0.250 e. The molecule has 3 unspecified atom stereocenters. The van der Waals surface area contributed by atoms with Crippen molar-refractivity contribution in [3.8, 4) is 0 Å². The summed E-state index contributed by atoms with van der Waals surface area (Å²) in [6.07, 6.45) is 1.19. The molecule has 3 N–H and O–H groups in total. The number of anilines is 2. The van der Waals surface area contributed by atoms with Gasteiger partial charge in [-0.1, -0.05) is 29.8 Å². The van der Waals surface area contributed by atoms with Crippen molar-refractivity contribution in [2.75, 3.05) is 36.5 Å². The second-order valence-electron chi connectivity index (χ2n) is 10.2. The molecule has 37 heavy (non-hydrogen) atoms. The Morgan fingerprint density at radius 3 is 2.43 bits per heavy atom. The van der Waals surface area contributed by atoms with Gasteiger partial charge in [0.05, 0.1) is 30.6 Å². The third-order valence-corrected chi connectivity index (χ3v) is 9.01. The molecule has 3 heterocycles. The molecule has 10 heteroatoms. The fourth-order valence-electron chi connectivity index (χ4n) is 6.39. The van der Waals surface area contributed by atoms with E-state index in [1.165, 1.54) is 4.90 Å². The first-order valence-electron chi connectivity index (χ1n) is 13.5. The third-order valence-electron chi connectivity index (χ3n) is 8.17. The van der Waals surface area contributed by atoms with Crippen LogP contribution >= 0.6 is 15.9 Å². The molecule has 204 valence electrons. The molecule has 4 rings (SSSR count). The highest BCUT2D eigenvalue weighted by atomic mass is 79.9. The lowest BCUT2D eigenvalue weighted by molar-refractivity contribution is -0.144. The summed E-state index contributed by atoms with van der Waals surface area (Å²) in [6.45, 7) is 10.0. The highest BCUT2D eigenvalue weighted by Crippen LogP contribution is 2.60. The molecule has 1 aromatic carbocycles. The topological polar surface area (TPSA) is 111 Å². The van der Waals surface area contributed by atoms with Crippen molar-refractivity contribution in [2.45, 2.75) is 75.6 Å². The number of fused-ring (bicyclic) bond motifs is 1. The maximum atomic E-state index is 13.9. The maximum absolute atomic E-state index is 13.9. The zero-order valence-electron chi connectivity index (χ0n) is 22.1. The Kier molecular flexibility index (Phi) is 8.50. The Morgan fingerprint density at radius 1 is 1.19 bits per heavy atom. The highest BCUT2D eigenvalue weighted by molar-refractivity contribution is 9.09. The molecule has 0 aromatic heterocycles. The van der Waals surface area contributed by atoms with Gasteiger partial charge in [-0.25, -0.2) is 0 Å². The van der Waals surface area contributed by atoms with Crippen LogP contribution in [0.25, 0.3) is 0 Å². The minimum atomic E-state index is -1.14. The largest absolute Gasteiger partial charge is 0.394 e. The van der Waals surface area contributed by atoms with Crippen LogP contribution in [0.5, 0.6) is 0 Å². The van der Waals surface area contributed by atoms with Crippen LogP contribution in [0.1, 0.15) is 47.0 Å². The molecule has 0 aliphatic carbocycles. The number of benzene rings is 1. The van der Waals surface area contributed by atoms with Crippen molar-refractivity contribution in [2.24, 2.45) is 11.8 Å². The molecule has 3 amide bonds. The Hall–Kier alpha value is -2.17. The van der Waals surface area contributed by atoms with Crippen LogP contribution in [0.4, 0.5) is 11.4 Å². The van der Waals surface area contributed by atoms with Crippen LogP contribution in [-0.2, 0) is 19.1 Å². The number of aliphatic hydroxyl groups excluding tert-OH is 1. The van der Waals surface area contributed by atoms with Crippen molar-refractivity contribution >= 4 is 45.0 Å². The molecule has 1 spiro atoms. The normalized spacial score (nSPS) is 30.8. The van der Waals surface area contributed by atoms with Gasteiger partial charge >= 0.3 is 0 Å². The van der Waals surface area contributed by atoms with E-state index in [0.717, 1.165) is 25.2 Å². The first kappa shape index (κ1) is 27.9. The van der Waals surface area contributed by atoms with Gasteiger partial charge in [-0.3, -0.25) is 14.4 Å². The van der Waals surface area contributed by atoms with E-state index in [2.05, 4.69) is 45.3 Å². The number of nitrogens with one attached hydrogen (secondary N) is 2. The molecule has 2 bridgehead atoms. The van der Waals surface area contributed by atoms with Crippen LogP contribution in [0, 0.1) is 11.8 Å². The number of halogens is 1. The zero-order chi connectivity index (χ0) is 26.9. The van der Waals surface area contributed by atoms with Gasteiger partial charge in [0.2, 0.25) is 17.7 Å². The lowest BCUT2D eigenvalue weighted by Crippen LogP contribution is -2.56. The Bertz CT molecular complexity index is 999. The lowest BCUT2D eigenvalue weighted by atomic mass is 9.70. The van der Waals surface area contributed by atoms with Crippen molar-refractivity contribution in [3.05, 3.63) is 24.3 Å². The zero-order valence-corrected chi connectivity index (χ0v) is 23.7. The minimum absolute atomic E-state index is 0.160. The van der Waals surface area contributed by atoms with Crippen molar-refractivity contribution in [3.63, 3.8) is 0 Å². The van der Waals surface area contributed by atoms with E-state index in [0.29, 0.717) is 25.1 Å². The van der Waals surface area contributed by atoms with E-state index >= 15 is 0 Å². The number of carbonyl (C=O) groups is 3. The van der Waals surface area contributed by atoms with Crippen LogP contribution in [0.2, 0.25) is 0 Å². The van der Waals surface area contributed by atoms with E-state index < -0.39 is 35.6 Å². The molecule has 7 atom stereocenters. The van der Waals surface area contributed by atoms with Gasteiger partial charge in [0.25, 0.3) is 0 Å². The van der Waals surface area contributed by atoms with Crippen LogP contribution < -0.4 is 15.5 Å². The second-order valence-corrected chi connectivity index (χ2v) is 11.3. The number of nitrogens with zero attached hydrogens (tertiary/aromatic N) is 2. The quantitative estimate of drug-likeness (QED) is 0.348. The summed E-state index contributed by atoms with van der Waals surface area (Å²) in [4.78, 5) is 44.6. The number of aliphatic hydroxyl groups is 1. The SMILES string of the molecule is CCCNC(=O)[C@H]1[C@@H]2OC3(CC2Br)C(C(=O)Nc2ccc(N(CC)CC)cc2)N([C@@H](CC)CO)C(=O)[C@H]13. The van der Waals surface area contributed by atoms with Crippen LogP contribution in [0.3, 0.4) is 0 Å². The van der Waals surface area contributed by atoms with Crippen molar-refractivity contribution < 1.29 is 24.2 Å². The molecular weight excluding hydrogens is 540 g/mol. The molecule has 0 radical (unpaired) electrons. The number of carbonyl (C=O) groups excluding carboxylic acids is 3. The van der Waals surface area contributed by atoms with Crippen molar-refractivity contribution in [1.29, 1.82) is 0 Å². The van der Waals surface area contributed by atoms with Gasteiger partial charge in [0, 0.05) is 35.8 Å². The molecule has 3 aliphatic rings. The van der Waals surface area contributed by atoms with E-state index in [1.807, 2.05) is 38.1 Å². The smallest absolute Gasteiger partial charge is 0.250 e. The monoisotopic (exact) mass is 578 g/mol. The predicted molar refractivity (Wildman–Crippen MR) is 146 cm³/mol. The number of hydrogen-bond donors (Lipinski definition) is 3. The summed E-state index contributed by atoms with van der Waals surface area (Å²) in [5.74, 6) is -2.35. The third kappa shape index (κ3) is 4.65. The lowest BCUT2D eigenvalue weighted by Gasteiger charge is -2.36. The predicted octanol–water partition coefficient (Wildman–Crippen LogP) is 2.52. The first-order chi connectivity index (χ1) is 17.8. The molecule has 3 aliphatic heterocycles. The summed E-state index contributed by atoms with van der Waals surface area (Å²) in [7, 11) is 0. The molecule has 0 saturated carbocycles. The minimum Gasteiger partial charge on any atom is -0.394 e. The van der Waals surface area contributed by atoms with E-state index in [9.17, 15) is 19.5 Å². The fraction of sp³-hybridized carbons (Fsp3) is 0.667. The van der Waals surface area contributed by atoms with Gasteiger partial charge in [0.15, 0.2) is 0 Å². The Morgan fingerprint density at radius 2 is 1.86 bits per heavy atom. The van der Waals surface area contributed by atoms with Crippen molar-refractivity contribution in [1.82, 2.24) is 10.2 Å². The average Bonchev–Trinajstić information content (AvgIpc) is 3.49. The van der Waals surface area contributed by atoms with E-state index in [1.54, 1.807) is 0 Å². The first-order valence-corrected chi connectivity index (χ1v) is 14.4. The molecular formula is C27H39BrN4O5. The van der Waals surface area contributed by atoms with E-state index in [-0.39, 0.29) is 29.2 Å². The van der Waals surface area contributed by atoms with Gasteiger partial charge in [-0.15, -0.1) is 0 Å². The Balaban J connectivity index is 1.67. The van der Waals surface area contributed by atoms with Gasteiger partial charge in [-0.2, -0.15) is 0 Å². The highest BCUT2D eigenvalue weighted by Gasteiger charge is 2.76. The fourth-order valence-corrected chi connectivity index (χ4v) is 7.34. The number of alkyl halides is 1. The Labute approximate surface area is 227 Å². The average molecular weight is 580 g/mol. The number of amides is 3. The second kappa shape index (κ2) is 11.3.